The number of benzene rings is 2. The van der Waals surface area contributed by atoms with Gasteiger partial charge < -0.3 is 4.42 Å². The van der Waals surface area contributed by atoms with Crippen molar-refractivity contribution in [3.05, 3.63) is 69.0 Å². The Kier molecular flexibility index (Phi) is 5.23. The maximum atomic E-state index is 13.5. The standard InChI is InChI=1S/C22H14Cl3F3N4O/c1-11-17(19-29-30-20(33-19)21(8-9-21)22(26,27)28)31-32(16-7-6-14(24)10-15(16)25)18(11)12-2-4-13(23)5-3-12/h2-7,10H,8-9H2,1H3. The van der Waals surface area contributed by atoms with Crippen molar-refractivity contribution >= 4 is 34.8 Å². The first kappa shape index (κ1) is 22.3. The third-order valence-electron chi connectivity index (χ3n) is 5.71. The Morgan fingerprint density at radius 1 is 0.970 bits per heavy atom. The molecule has 5 rings (SSSR count). The van der Waals surface area contributed by atoms with E-state index < -0.39 is 17.5 Å². The quantitative estimate of drug-likeness (QED) is 0.284. The van der Waals surface area contributed by atoms with Crippen molar-refractivity contribution < 1.29 is 17.6 Å². The molecule has 4 aromatic rings. The summed E-state index contributed by atoms with van der Waals surface area (Å²) in [5.41, 5.74) is 0.720. The summed E-state index contributed by atoms with van der Waals surface area (Å²) in [5, 5.41) is 13.5. The molecule has 0 radical (unpaired) electrons. The van der Waals surface area contributed by atoms with Gasteiger partial charge in [-0.3, -0.25) is 0 Å². The highest BCUT2D eigenvalue weighted by molar-refractivity contribution is 6.35. The zero-order valence-electron chi connectivity index (χ0n) is 16.9. The Morgan fingerprint density at radius 2 is 1.64 bits per heavy atom. The molecule has 33 heavy (non-hydrogen) atoms. The molecule has 5 nitrogen and oxygen atoms in total. The summed E-state index contributed by atoms with van der Waals surface area (Å²) < 4.78 is 47.6. The van der Waals surface area contributed by atoms with E-state index in [1.165, 1.54) is 0 Å². The van der Waals surface area contributed by atoms with Gasteiger partial charge in [0.1, 0.15) is 5.41 Å². The minimum atomic E-state index is -4.46. The summed E-state index contributed by atoms with van der Waals surface area (Å²) in [7, 11) is 0. The summed E-state index contributed by atoms with van der Waals surface area (Å²) in [6.07, 6.45) is -4.62. The van der Waals surface area contributed by atoms with E-state index in [0.29, 0.717) is 32.0 Å². The average Bonchev–Trinajstić information content (AvgIpc) is 3.32. The number of hydrogen-bond donors (Lipinski definition) is 0. The molecule has 1 aliphatic rings. The van der Waals surface area contributed by atoms with E-state index in [-0.39, 0.29) is 24.4 Å². The van der Waals surface area contributed by atoms with Crippen LogP contribution in [0.3, 0.4) is 0 Å². The van der Waals surface area contributed by atoms with Crippen molar-refractivity contribution in [2.24, 2.45) is 0 Å². The van der Waals surface area contributed by atoms with Crippen LogP contribution in [-0.2, 0) is 5.41 Å². The van der Waals surface area contributed by atoms with Gasteiger partial charge in [0.25, 0.3) is 5.89 Å². The lowest BCUT2D eigenvalue weighted by atomic mass is 10.1. The SMILES string of the molecule is Cc1c(-c2nnc(C3(C(F)(F)F)CC3)o2)nn(-c2ccc(Cl)cc2Cl)c1-c1ccc(Cl)cc1. The topological polar surface area (TPSA) is 56.7 Å². The molecule has 2 heterocycles. The lowest BCUT2D eigenvalue weighted by molar-refractivity contribution is -0.165. The van der Waals surface area contributed by atoms with Gasteiger partial charge in [0.15, 0.2) is 5.69 Å². The normalized spacial score (nSPS) is 15.1. The average molecular weight is 514 g/mol. The van der Waals surface area contributed by atoms with Crippen LogP contribution in [0.15, 0.2) is 46.9 Å². The first-order valence-electron chi connectivity index (χ1n) is 9.83. The third-order valence-corrected chi connectivity index (χ3v) is 6.50. The first-order valence-corrected chi connectivity index (χ1v) is 11.0. The summed E-state index contributed by atoms with van der Waals surface area (Å²) in [6, 6.07) is 12.0. The molecular formula is C22H14Cl3F3N4O. The first-order chi connectivity index (χ1) is 15.6. The number of aromatic nitrogens is 4. The molecule has 0 N–H and O–H groups in total. The van der Waals surface area contributed by atoms with Crippen molar-refractivity contribution in [1.82, 2.24) is 20.0 Å². The molecule has 1 saturated carbocycles. The van der Waals surface area contributed by atoms with Gasteiger partial charge in [-0.25, -0.2) is 4.68 Å². The molecule has 2 aromatic heterocycles. The Labute approximate surface area is 201 Å². The number of rotatable bonds is 4. The van der Waals surface area contributed by atoms with Crippen LogP contribution in [0, 0.1) is 6.92 Å². The molecule has 0 saturated heterocycles. The molecule has 0 spiro atoms. The third kappa shape index (κ3) is 3.70. The second kappa shape index (κ2) is 7.75. The van der Waals surface area contributed by atoms with E-state index in [4.69, 9.17) is 39.2 Å². The molecule has 0 atom stereocenters. The molecular weight excluding hydrogens is 500 g/mol. The van der Waals surface area contributed by atoms with Crippen LogP contribution in [0.25, 0.3) is 28.5 Å². The number of hydrogen-bond acceptors (Lipinski definition) is 4. The fraction of sp³-hybridized carbons (Fsp3) is 0.227. The fourth-order valence-electron chi connectivity index (χ4n) is 3.73. The summed E-state index contributed by atoms with van der Waals surface area (Å²) in [5.74, 6) is -0.548. The van der Waals surface area contributed by atoms with E-state index >= 15 is 0 Å². The molecule has 0 aliphatic heterocycles. The predicted molar refractivity (Wildman–Crippen MR) is 119 cm³/mol. The maximum Gasteiger partial charge on any atom is 0.403 e. The Morgan fingerprint density at radius 3 is 2.24 bits per heavy atom. The fourth-order valence-corrected chi connectivity index (χ4v) is 4.34. The van der Waals surface area contributed by atoms with Gasteiger partial charge in [-0.05, 0) is 50.1 Å². The van der Waals surface area contributed by atoms with Gasteiger partial charge in [-0.2, -0.15) is 18.3 Å². The highest BCUT2D eigenvalue weighted by Gasteiger charge is 2.68. The monoisotopic (exact) mass is 512 g/mol. The number of nitrogens with zero attached hydrogens (tertiary/aromatic N) is 4. The van der Waals surface area contributed by atoms with Crippen LogP contribution in [0.4, 0.5) is 13.2 Å². The van der Waals surface area contributed by atoms with E-state index in [9.17, 15) is 13.2 Å². The second-order valence-corrected chi connectivity index (χ2v) is 9.11. The lowest BCUT2D eigenvalue weighted by Gasteiger charge is -2.14. The minimum Gasteiger partial charge on any atom is -0.418 e. The van der Waals surface area contributed by atoms with Gasteiger partial charge in [0.05, 0.1) is 16.4 Å². The van der Waals surface area contributed by atoms with Gasteiger partial charge >= 0.3 is 6.18 Å². The summed E-state index contributed by atoms with van der Waals surface area (Å²) >= 11 is 18.5. The van der Waals surface area contributed by atoms with E-state index in [2.05, 4.69) is 15.3 Å². The zero-order valence-corrected chi connectivity index (χ0v) is 19.2. The number of halogens is 6. The molecule has 170 valence electrons. The van der Waals surface area contributed by atoms with Gasteiger partial charge in [-0.1, -0.05) is 46.9 Å². The zero-order chi connectivity index (χ0) is 23.5. The summed E-state index contributed by atoms with van der Waals surface area (Å²) in [4.78, 5) is 0. The van der Waals surface area contributed by atoms with Gasteiger partial charge in [0.2, 0.25) is 5.89 Å². The molecule has 2 aromatic carbocycles. The molecule has 0 unspecified atom stereocenters. The van der Waals surface area contributed by atoms with Crippen LogP contribution in [0.5, 0.6) is 0 Å². The van der Waals surface area contributed by atoms with Crippen molar-refractivity contribution in [1.29, 1.82) is 0 Å². The van der Waals surface area contributed by atoms with Crippen LogP contribution in [0.2, 0.25) is 15.1 Å². The molecule has 1 fully saturated rings. The van der Waals surface area contributed by atoms with E-state index in [1.54, 1.807) is 54.1 Å². The van der Waals surface area contributed by atoms with Gasteiger partial charge in [-0.15, -0.1) is 10.2 Å². The maximum absolute atomic E-state index is 13.5. The molecule has 0 bridgehead atoms. The predicted octanol–water partition coefficient (Wildman–Crippen LogP) is 7.45. The largest absolute Gasteiger partial charge is 0.418 e. The second-order valence-electron chi connectivity index (χ2n) is 7.83. The van der Waals surface area contributed by atoms with Crippen molar-refractivity contribution in [3.63, 3.8) is 0 Å². The Balaban J connectivity index is 1.68. The Bertz CT molecular complexity index is 1360. The molecule has 11 heteroatoms. The summed E-state index contributed by atoms with van der Waals surface area (Å²) in [6.45, 7) is 1.77. The van der Waals surface area contributed by atoms with Crippen LogP contribution >= 0.6 is 34.8 Å². The minimum absolute atomic E-state index is 0.0814. The van der Waals surface area contributed by atoms with Crippen LogP contribution < -0.4 is 0 Å². The van der Waals surface area contributed by atoms with E-state index in [0.717, 1.165) is 5.56 Å². The van der Waals surface area contributed by atoms with Crippen LogP contribution in [0.1, 0.15) is 24.3 Å². The van der Waals surface area contributed by atoms with Crippen LogP contribution in [-0.4, -0.2) is 26.2 Å². The smallest absolute Gasteiger partial charge is 0.403 e. The molecule has 0 amide bonds. The highest BCUT2D eigenvalue weighted by atomic mass is 35.5. The van der Waals surface area contributed by atoms with E-state index in [1.807, 2.05) is 0 Å². The Hall–Kier alpha value is -2.55. The van der Waals surface area contributed by atoms with Crippen molar-refractivity contribution in [2.45, 2.75) is 31.4 Å². The molecule has 1 aliphatic carbocycles. The highest BCUT2D eigenvalue weighted by Crippen LogP contribution is 2.58. The van der Waals surface area contributed by atoms with Crippen molar-refractivity contribution in [2.75, 3.05) is 0 Å². The number of alkyl halides is 3. The van der Waals surface area contributed by atoms with Crippen molar-refractivity contribution in [3.8, 4) is 28.5 Å². The lowest BCUT2D eigenvalue weighted by Crippen LogP contribution is -2.28. The van der Waals surface area contributed by atoms with Gasteiger partial charge in [0, 0.05) is 21.2 Å².